The highest BCUT2D eigenvalue weighted by molar-refractivity contribution is 6.32. The predicted octanol–water partition coefficient (Wildman–Crippen LogP) is 0.837. The Balaban J connectivity index is 1.84. The first-order valence-electron chi connectivity index (χ1n) is 9.41. The Bertz CT molecular complexity index is 1100. The number of carbonyl (C=O) groups is 1. The maximum absolute atomic E-state index is 12.4. The van der Waals surface area contributed by atoms with Crippen molar-refractivity contribution >= 4 is 28.7 Å². The van der Waals surface area contributed by atoms with Gasteiger partial charge in [0.05, 0.1) is 36.0 Å². The maximum Gasteiger partial charge on any atom is 0.420 e. The third-order valence-electron chi connectivity index (χ3n) is 4.49. The van der Waals surface area contributed by atoms with Gasteiger partial charge in [0.1, 0.15) is 12.4 Å². The Morgan fingerprint density at radius 1 is 1.32 bits per heavy atom. The highest BCUT2D eigenvalue weighted by Crippen LogP contribution is 2.31. The number of halogens is 1. The van der Waals surface area contributed by atoms with E-state index in [2.05, 4.69) is 4.98 Å². The fourth-order valence-corrected chi connectivity index (χ4v) is 3.01. The molecule has 0 radical (unpaired) electrons. The molecule has 0 saturated heterocycles. The fourth-order valence-electron chi connectivity index (χ4n) is 2.79. The number of hydrogen-bond acceptors (Lipinski definition) is 9. The number of oxazole rings is 1. The molecule has 166 valence electrons. The molecule has 3 rings (SSSR count). The zero-order valence-electron chi connectivity index (χ0n) is 16.5. The molecular formula is C20H22ClN3O7. The number of fused-ring (bicyclic) bond motifs is 1. The lowest BCUT2D eigenvalue weighted by Gasteiger charge is -2.25. The van der Waals surface area contributed by atoms with Crippen LogP contribution >= 0.6 is 11.6 Å². The normalized spacial score (nSPS) is 13.2. The van der Waals surface area contributed by atoms with Gasteiger partial charge >= 0.3 is 11.7 Å². The molecule has 3 aromatic rings. The van der Waals surface area contributed by atoms with Crippen molar-refractivity contribution < 1.29 is 28.9 Å². The summed E-state index contributed by atoms with van der Waals surface area (Å²) in [7, 11) is 0. The molecule has 4 N–H and O–H groups in total. The number of hydrogen-bond donors (Lipinski definition) is 3. The van der Waals surface area contributed by atoms with Crippen LogP contribution in [0.2, 0.25) is 5.02 Å². The van der Waals surface area contributed by atoms with Gasteiger partial charge in [-0.2, -0.15) is 0 Å². The number of pyridine rings is 1. The molecular weight excluding hydrogens is 430 g/mol. The van der Waals surface area contributed by atoms with Crippen LogP contribution in [0.3, 0.4) is 0 Å². The Labute approximate surface area is 181 Å². The van der Waals surface area contributed by atoms with Gasteiger partial charge in [-0.1, -0.05) is 17.7 Å². The zero-order valence-corrected chi connectivity index (χ0v) is 17.2. The van der Waals surface area contributed by atoms with Gasteiger partial charge < -0.3 is 29.8 Å². The standard InChI is InChI=1S/C20H22ClN3O7/c21-14-8-15-17(9-16(14)30-10-13-4-1-2-5-23-13)31-19(28)24(15)11-20(22,12-26)18(27)29-7-3-6-25/h1-2,4-5,8-9,25-26H,3,6-7,10-12,22H2. The molecule has 0 aliphatic heterocycles. The van der Waals surface area contributed by atoms with Gasteiger partial charge in [-0.15, -0.1) is 0 Å². The van der Waals surface area contributed by atoms with E-state index >= 15 is 0 Å². The van der Waals surface area contributed by atoms with Crippen LogP contribution in [-0.4, -0.2) is 51.1 Å². The number of esters is 1. The summed E-state index contributed by atoms with van der Waals surface area (Å²) in [6, 6.07) is 8.30. The van der Waals surface area contributed by atoms with E-state index in [9.17, 15) is 14.7 Å². The van der Waals surface area contributed by atoms with Crippen molar-refractivity contribution in [1.29, 1.82) is 0 Å². The van der Waals surface area contributed by atoms with Crippen LogP contribution in [0, 0.1) is 0 Å². The number of aromatic nitrogens is 2. The number of rotatable bonds is 10. The summed E-state index contributed by atoms with van der Waals surface area (Å²) < 4.78 is 17.0. The molecule has 1 aromatic carbocycles. The van der Waals surface area contributed by atoms with E-state index in [0.717, 1.165) is 4.57 Å². The van der Waals surface area contributed by atoms with Gasteiger partial charge in [0.2, 0.25) is 0 Å². The molecule has 0 amide bonds. The SMILES string of the molecule is NC(CO)(Cn1c(=O)oc2cc(OCc3ccccn3)c(Cl)cc21)C(=O)OCCCO. The van der Waals surface area contributed by atoms with Crippen LogP contribution in [0.4, 0.5) is 0 Å². The summed E-state index contributed by atoms with van der Waals surface area (Å²) in [5.74, 6) is -1.42. The molecule has 1 atom stereocenters. The average Bonchev–Trinajstić information content (AvgIpc) is 3.06. The molecule has 0 bridgehead atoms. The number of aliphatic hydroxyl groups is 2. The Hall–Kier alpha value is -2.92. The molecule has 0 spiro atoms. The number of benzene rings is 1. The van der Waals surface area contributed by atoms with E-state index in [1.165, 1.54) is 12.1 Å². The van der Waals surface area contributed by atoms with Gasteiger partial charge in [0.25, 0.3) is 0 Å². The van der Waals surface area contributed by atoms with Crippen molar-refractivity contribution in [2.75, 3.05) is 19.8 Å². The summed E-state index contributed by atoms with van der Waals surface area (Å²) in [4.78, 5) is 28.9. The Kier molecular flexibility index (Phi) is 7.29. The fraction of sp³-hybridized carbons (Fsp3) is 0.350. The lowest BCUT2D eigenvalue weighted by molar-refractivity contribution is -0.152. The van der Waals surface area contributed by atoms with Crippen molar-refractivity contribution in [1.82, 2.24) is 9.55 Å². The second kappa shape index (κ2) is 9.92. The van der Waals surface area contributed by atoms with Crippen LogP contribution in [0.1, 0.15) is 12.1 Å². The molecule has 11 heteroatoms. The number of nitrogens with two attached hydrogens (primary N) is 1. The van der Waals surface area contributed by atoms with Crippen LogP contribution in [-0.2, 0) is 22.7 Å². The summed E-state index contributed by atoms with van der Waals surface area (Å²) in [6.45, 7) is -1.26. The van der Waals surface area contributed by atoms with Crippen molar-refractivity contribution in [3.8, 4) is 5.75 Å². The van der Waals surface area contributed by atoms with E-state index in [1.54, 1.807) is 18.3 Å². The first-order chi connectivity index (χ1) is 14.9. The third-order valence-corrected chi connectivity index (χ3v) is 4.78. The van der Waals surface area contributed by atoms with Crippen molar-refractivity contribution in [2.24, 2.45) is 5.73 Å². The van der Waals surface area contributed by atoms with Crippen LogP contribution < -0.4 is 16.2 Å². The monoisotopic (exact) mass is 451 g/mol. The van der Waals surface area contributed by atoms with Gasteiger partial charge in [0, 0.05) is 25.3 Å². The van der Waals surface area contributed by atoms with E-state index in [-0.39, 0.29) is 48.1 Å². The lowest BCUT2D eigenvalue weighted by Crippen LogP contribution is -2.56. The van der Waals surface area contributed by atoms with Crippen molar-refractivity contribution in [3.63, 3.8) is 0 Å². The van der Waals surface area contributed by atoms with E-state index in [4.69, 9.17) is 36.3 Å². The molecule has 0 saturated carbocycles. The first kappa shape index (κ1) is 22.8. The zero-order chi connectivity index (χ0) is 22.4. The van der Waals surface area contributed by atoms with Gasteiger partial charge in [-0.3, -0.25) is 9.55 Å². The average molecular weight is 452 g/mol. The van der Waals surface area contributed by atoms with Gasteiger partial charge in [0.15, 0.2) is 11.1 Å². The van der Waals surface area contributed by atoms with E-state index in [1.807, 2.05) is 6.07 Å². The molecule has 10 nitrogen and oxygen atoms in total. The van der Waals surface area contributed by atoms with Crippen LogP contribution in [0.5, 0.6) is 5.75 Å². The summed E-state index contributed by atoms with van der Waals surface area (Å²) in [5.41, 5.74) is 5.23. The molecule has 2 heterocycles. The van der Waals surface area contributed by atoms with Crippen LogP contribution in [0.15, 0.2) is 45.7 Å². The smallest absolute Gasteiger partial charge is 0.420 e. The number of aliphatic hydroxyl groups excluding tert-OH is 2. The summed E-state index contributed by atoms with van der Waals surface area (Å²) in [5, 5.41) is 18.7. The van der Waals surface area contributed by atoms with Crippen molar-refractivity contribution in [3.05, 3.63) is 57.8 Å². The largest absolute Gasteiger partial charge is 0.486 e. The van der Waals surface area contributed by atoms with Gasteiger partial charge in [-0.25, -0.2) is 9.59 Å². The second-order valence-electron chi connectivity index (χ2n) is 6.84. The van der Waals surface area contributed by atoms with Crippen LogP contribution in [0.25, 0.3) is 11.1 Å². The molecule has 2 aromatic heterocycles. The second-order valence-corrected chi connectivity index (χ2v) is 7.25. The lowest BCUT2D eigenvalue weighted by atomic mass is 10.0. The van der Waals surface area contributed by atoms with E-state index in [0.29, 0.717) is 5.69 Å². The number of nitrogens with zero attached hydrogens (tertiary/aromatic N) is 2. The number of ether oxygens (including phenoxy) is 2. The minimum absolute atomic E-state index is 0.0713. The quantitative estimate of drug-likeness (QED) is 0.301. The maximum atomic E-state index is 12.4. The highest BCUT2D eigenvalue weighted by atomic mass is 35.5. The summed E-state index contributed by atoms with van der Waals surface area (Å²) >= 11 is 6.30. The predicted molar refractivity (Wildman–Crippen MR) is 111 cm³/mol. The topological polar surface area (TPSA) is 150 Å². The minimum Gasteiger partial charge on any atom is -0.486 e. The highest BCUT2D eigenvalue weighted by Gasteiger charge is 2.37. The molecule has 0 aliphatic rings. The van der Waals surface area contributed by atoms with Gasteiger partial charge in [-0.05, 0) is 18.2 Å². The van der Waals surface area contributed by atoms with E-state index < -0.39 is 30.4 Å². The van der Waals surface area contributed by atoms with Crippen molar-refractivity contribution in [2.45, 2.75) is 25.1 Å². The third kappa shape index (κ3) is 5.23. The minimum atomic E-state index is -1.89. The molecule has 0 aliphatic carbocycles. The molecule has 1 unspecified atom stereocenters. The Morgan fingerprint density at radius 3 is 2.81 bits per heavy atom. The Morgan fingerprint density at radius 2 is 2.13 bits per heavy atom. The summed E-state index contributed by atoms with van der Waals surface area (Å²) in [6.07, 6.45) is 1.86. The number of carbonyl (C=O) groups excluding carboxylic acids is 1. The molecule has 0 fully saturated rings. The molecule has 31 heavy (non-hydrogen) atoms. The first-order valence-corrected chi connectivity index (χ1v) is 9.79.